The molecule has 1 aromatic rings. The molecule has 0 aliphatic carbocycles. The minimum Gasteiger partial charge on any atom is -0.507 e. The molecule has 1 aromatic carbocycles. The zero-order chi connectivity index (χ0) is 18.5. The lowest BCUT2D eigenvalue weighted by atomic mass is 9.78. The van der Waals surface area contributed by atoms with Crippen molar-refractivity contribution in [3.8, 4) is 5.75 Å². The quantitative estimate of drug-likeness (QED) is 0.526. The second-order valence-electron chi connectivity index (χ2n) is 9.70. The Morgan fingerprint density at radius 2 is 1.38 bits per heavy atom. The highest BCUT2D eigenvalue weighted by atomic mass is 16.3. The highest BCUT2D eigenvalue weighted by Gasteiger charge is 2.26. The van der Waals surface area contributed by atoms with Crippen LogP contribution in [0, 0.1) is 12.3 Å². The molecule has 137 valence electrons. The van der Waals surface area contributed by atoms with E-state index in [0.29, 0.717) is 5.75 Å². The number of hydrogen-bond donors (Lipinski definition) is 1. The molecule has 0 aliphatic rings. The molecule has 0 aliphatic heterocycles. The van der Waals surface area contributed by atoms with Gasteiger partial charge in [-0.25, -0.2) is 0 Å². The Labute approximate surface area is 150 Å². The second-order valence-corrected chi connectivity index (χ2v) is 9.70. The lowest BCUT2D eigenvalue weighted by Gasteiger charge is -2.28. The first-order chi connectivity index (χ1) is 10.9. The monoisotopic (exact) mass is 331 g/mol. The molecule has 1 radical (unpaired) electrons. The minimum absolute atomic E-state index is 0.0504. The predicted octanol–water partition coefficient (Wildman–Crippen LogP) is 7.15. The van der Waals surface area contributed by atoms with Gasteiger partial charge >= 0.3 is 0 Å². The van der Waals surface area contributed by atoms with E-state index >= 15 is 0 Å². The summed E-state index contributed by atoms with van der Waals surface area (Å²) < 4.78 is 0. The zero-order valence-corrected chi connectivity index (χ0v) is 17.3. The topological polar surface area (TPSA) is 20.2 Å². The Morgan fingerprint density at radius 3 is 1.79 bits per heavy atom. The van der Waals surface area contributed by atoms with E-state index in [4.69, 9.17) is 0 Å². The van der Waals surface area contributed by atoms with Gasteiger partial charge in [0.05, 0.1) is 0 Å². The van der Waals surface area contributed by atoms with Crippen molar-refractivity contribution in [1.29, 1.82) is 0 Å². The summed E-state index contributed by atoms with van der Waals surface area (Å²) in [7, 11) is 0. The molecule has 1 N–H and O–H groups in total. The van der Waals surface area contributed by atoms with Gasteiger partial charge < -0.3 is 5.11 Å². The summed E-state index contributed by atoms with van der Waals surface area (Å²) in [6, 6.07) is 4.36. The molecule has 1 rings (SSSR count). The molecular weight excluding hydrogens is 292 g/mol. The van der Waals surface area contributed by atoms with Gasteiger partial charge in [-0.05, 0) is 46.3 Å². The van der Waals surface area contributed by atoms with Crippen molar-refractivity contribution in [3.05, 3.63) is 35.2 Å². The summed E-state index contributed by atoms with van der Waals surface area (Å²) in [5, 5.41) is 10.8. The number of unbranched alkanes of at least 4 members (excludes halogenated alkanes) is 3. The number of hydrogen-bond acceptors (Lipinski definition) is 1. The standard InChI is InChI=1S/C23H39O/c1-17(2)13-11-9-10-12-14-18-15-19(22(3,4)5)21(24)20(16-18)23(6,7)8/h14-17,24H,9-13H2,1-8H3. The summed E-state index contributed by atoms with van der Waals surface area (Å²) >= 11 is 0. The van der Waals surface area contributed by atoms with Crippen molar-refractivity contribution in [1.82, 2.24) is 0 Å². The Kier molecular flexibility index (Phi) is 7.38. The fourth-order valence-electron chi connectivity index (χ4n) is 3.06. The predicted molar refractivity (Wildman–Crippen MR) is 107 cm³/mol. The van der Waals surface area contributed by atoms with Crippen LogP contribution < -0.4 is 0 Å². The third-order valence-corrected chi connectivity index (χ3v) is 4.61. The fraction of sp³-hybridized carbons (Fsp3) is 0.696. The molecule has 0 saturated carbocycles. The summed E-state index contributed by atoms with van der Waals surface area (Å²) in [6.45, 7) is 17.6. The molecule has 1 nitrogen and oxygen atoms in total. The van der Waals surface area contributed by atoms with Gasteiger partial charge in [-0.1, -0.05) is 93.2 Å². The molecule has 0 atom stereocenters. The van der Waals surface area contributed by atoms with Crippen molar-refractivity contribution in [2.75, 3.05) is 0 Å². The Bertz CT molecular complexity index is 477. The van der Waals surface area contributed by atoms with Gasteiger partial charge in [0, 0.05) is 0 Å². The molecule has 0 heterocycles. The summed E-state index contributed by atoms with van der Waals surface area (Å²) in [5.41, 5.74) is 3.27. The maximum Gasteiger partial charge on any atom is 0.123 e. The minimum atomic E-state index is -0.0504. The van der Waals surface area contributed by atoms with Crippen LogP contribution in [0.1, 0.15) is 104 Å². The Hall–Kier alpha value is -0.980. The van der Waals surface area contributed by atoms with E-state index < -0.39 is 0 Å². The van der Waals surface area contributed by atoms with Crippen LogP contribution in [0.4, 0.5) is 0 Å². The molecule has 0 bridgehead atoms. The van der Waals surface area contributed by atoms with Crippen molar-refractivity contribution in [3.63, 3.8) is 0 Å². The van der Waals surface area contributed by atoms with E-state index in [2.05, 4.69) is 73.9 Å². The SMILES string of the molecule is CC(C)CCCCC[CH]c1cc(C(C)(C)C)c(O)c(C(C)(C)C)c1. The molecule has 0 fully saturated rings. The first-order valence-electron chi connectivity index (χ1n) is 9.64. The number of benzene rings is 1. The van der Waals surface area contributed by atoms with Crippen LogP contribution in [0.5, 0.6) is 5.75 Å². The van der Waals surface area contributed by atoms with Gasteiger partial charge in [0.15, 0.2) is 0 Å². The smallest absolute Gasteiger partial charge is 0.123 e. The molecule has 0 spiro atoms. The number of phenolic OH excluding ortho intramolecular Hbond substituents is 1. The maximum absolute atomic E-state index is 10.8. The maximum atomic E-state index is 10.8. The third-order valence-electron chi connectivity index (χ3n) is 4.61. The van der Waals surface area contributed by atoms with Crippen LogP contribution in [-0.2, 0) is 10.8 Å². The zero-order valence-electron chi connectivity index (χ0n) is 17.3. The van der Waals surface area contributed by atoms with Gasteiger partial charge in [-0.15, -0.1) is 0 Å². The van der Waals surface area contributed by atoms with Gasteiger partial charge in [-0.3, -0.25) is 0 Å². The highest BCUT2D eigenvalue weighted by molar-refractivity contribution is 5.51. The van der Waals surface area contributed by atoms with Crippen LogP contribution in [0.3, 0.4) is 0 Å². The van der Waals surface area contributed by atoms with E-state index in [1.807, 2.05) is 0 Å². The average Bonchev–Trinajstić information content (AvgIpc) is 2.41. The summed E-state index contributed by atoms with van der Waals surface area (Å²) in [5.74, 6) is 1.29. The van der Waals surface area contributed by atoms with E-state index in [0.717, 1.165) is 23.5 Å². The molecule has 0 saturated heterocycles. The van der Waals surface area contributed by atoms with Crippen LogP contribution in [0.25, 0.3) is 0 Å². The van der Waals surface area contributed by atoms with Gasteiger partial charge in [0.25, 0.3) is 0 Å². The summed E-state index contributed by atoms with van der Waals surface area (Å²) in [6.07, 6.45) is 8.70. The fourth-order valence-corrected chi connectivity index (χ4v) is 3.06. The normalized spacial score (nSPS) is 12.9. The van der Waals surface area contributed by atoms with E-state index in [-0.39, 0.29) is 10.8 Å². The number of phenols is 1. The molecule has 1 heteroatoms. The van der Waals surface area contributed by atoms with Crippen molar-refractivity contribution >= 4 is 0 Å². The molecule has 0 amide bonds. The highest BCUT2D eigenvalue weighted by Crippen LogP contribution is 2.40. The van der Waals surface area contributed by atoms with Crippen LogP contribution in [-0.4, -0.2) is 5.11 Å². The van der Waals surface area contributed by atoms with Crippen molar-refractivity contribution < 1.29 is 5.11 Å². The van der Waals surface area contributed by atoms with Gasteiger partial charge in [-0.2, -0.15) is 0 Å². The second kappa shape index (κ2) is 8.41. The van der Waals surface area contributed by atoms with Crippen LogP contribution >= 0.6 is 0 Å². The van der Waals surface area contributed by atoms with Gasteiger partial charge in [0.1, 0.15) is 5.75 Å². The lowest BCUT2D eigenvalue weighted by Crippen LogP contribution is -2.17. The first kappa shape index (κ1) is 21.1. The third kappa shape index (κ3) is 6.49. The largest absolute Gasteiger partial charge is 0.507 e. The lowest BCUT2D eigenvalue weighted by molar-refractivity contribution is 0.423. The number of aromatic hydroxyl groups is 1. The van der Waals surface area contributed by atoms with Gasteiger partial charge in [0.2, 0.25) is 0 Å². The Balaban J connectivity index is 2.84. The van der Waals surface area contributed by atoms with E-state index in [1.165, 1.54) is 31.2 Å². The molecule has 0 unspecified atom stereocenters. The van der Waals surface area contributed by atoms with E-state index in [1.54, 1.807) is 0 Å². The molecule has 24 heavy (non-hydrogen) atoms. The van der Waals surface area contributed by atoms with Crippen molar-refractivity contribution in [2.45, 2.75) is 98.3 Å². The summed E-state index contributed by atoms with van der Waals surface area (Å²) in [4.78, 5) is 0. The van der Waals surface area contributed by atoms with Crippen molar-refractivity contribution in [2.24, 2.45) is 5.92 Å². The van der Waals surface area contributed by atoms with Crippen LogP contribution in [0.15, 0.2) is 12.1 Å². The molecule has 0 aromatic heterocycles. The molecular formula is C23H39O. The van der Waals surface area contributed by atoms with Crippen LogP contribution in [0.2, 0.25) is 0 Å². The first-order valence-corrected chi connectivity index (χ1v) is 9.64. The average molecular weight is 332 g/mol. The van der Waals surface area contributed by atoms with E-state index in [9.17, 15) is 5.11 Å². The number of rotatable bonds is 7. The Morgan fingerprint density at radius 1 is 0.875 bits per heavy atom.